The van der Waals surface area contributed by atoms with Crippen molar-refractivity contribution in [2.24, 2.45) is 17.3 Å². The zero-order chi connectivity index (χ0) is 21.2. The first kappa shape index (κ1) is 22.8. The largest absolute Gasteiger partial charge is 0.393 e. The Labute approximate surface area is 177 Å². The average Bonchev–Trinajstić information content (AvgIpc) is 2.95. The summed E-state index contributed by atoms with van der Waals surface area (Å²) in [4.78, 5) is 0. The van der Waals surface area contributed by atoms with Gasteiger partial charge in [0, 0.05) is 0 Å². The fourth-order valence-corrected chi connectivity index (χ4v) is 6.14. The predicted molar refractivity (Wildman–Crippen MR) is 119 cm³/mol. The summed E-state index contributed by atoms with van der Waals surface area (Å²) >= 11 is 0. The molecule has 2 fully saturated rings. The van der Waals surface area contributed by atoms with Crippen LogP contribution >= 0.6 is 0 Å². The lowest BCUT2D eigenvalue weighted by Gasteiger charge is -2.42. The molecule has 0 radical (unpaired) electrons. The van der Waals surface area contributed by atoms with Crippen molar-refractivity contribution in [3.8, 4) is 0 Å². The zero-order valence-corrected chi connectivity index (χ0v) is 19.0. The number of hydrogen-bond donors (Lipinski definition) is 3. The van der Waals surface area contributed by atoms with Crippen molar-refractivity contribution < 1.29 is 15.3 Å². The van der Waals surface area contributed by atoms with E-state index in [1.807, 2.05) is 13.8 Å². The zero-order valence-electron chi connectivity index (χ0n) is 19.0. The van der Waals surface area contributed by atoms with Gasteiger partial charge in [-0.15, -0.1) is 0 Å². The maximum Gasteiger partial charge on any atom is 0.0602 e. The molecule has 0 aromatic rings. The Kier molecular flexibility index (Phi) is 7.13. The quantitative estimate of drug-likeness (QED) is 0.517. The van der Waals surface area contributed by atoms with Crippen LogP contribution in [0, 0.1) is 17.3 Å². The summed E-state index contributed by atoms with van der Waals surface area (Å²) in [5, 5.41) is 29.9. The van der Waals surface area contributed by atoms with E-state index in [0.717, 1.165) is 25.7 Å². The molecule has 0 unspecified atom stereocenters. The van der Waals surface area contributed by atoms with Crippen LogP contribution in [-0.2, 0) is 0 Å². The molecule has 0 bridgehead atoms. The minimum Gasteiger partial charge on any atom is -0.393 e. The van der Waals surface area contributed by atoms with Gasteiger partial charge in [0.2, 0.25) is 0 Å². The summed E-state index contributed by atoms with van der Waals surface area (Å²) < 4.78 is 0. The van der Waals surface area contributed by atoms with Gasteiger partial charge in [-0.2, -0.15) is 0 Å². The molecule has 2 saturated carbocycles. The molecule has 0 spiro atoms. The van der Waals surface area contributed by atoms with Gasteiger partial charge in [-0.05, 0) is 88.9 Å². The van der Waals surface area contributed by atoms with Gasteiger partial charge in [-0.1, -0.05) is 55.2 Å². The van der Waals surface area contributed by atoms with Crippen LogP contribution in [0.4, 0.5) is 0 Å². The molecule has 0 aromatic heterocycles. The van der Waals surface area contributed by atoms with E-state index < -0.39 is 17.8 Å². The van der Waals surface area contributed by atoms with Crippen molar-refractivity contribution in [1.29, 1.82) is 0 Å². The standard InChI is InChI=1S/C26H42O3/c1-18(7-5-13-25(2,3)29)23-11-12-24-20(8-6-14-26(23,24)4)10-9-19-15-21(27)17-22(28)16-19/h9-11,18,21-22,24,27-29H,5-8,12-17H2,1-4H3/b20-10+/t18-,21-,22-,24+,26-/m1/s1. The van der Waals surface area contributed by atoms with Gasteiger partial charge in [0.15, 0.2) is 0 Å². The molecule has 0 heterocycles. The van der Waals surface area contributed by atoms with E-state index in [2.05, 4.69) is 32.1 Å². The Morgan fingerprint density at radius 2 is 1.90 bits per heavy atom. The van der Waals surface area contributed by atoms with Crippen LogP contribution in [0.25, 0.3) is 0 Å². The third-order valence-corrected chi connectivity index (χ3v) is 7.64. The first-order chi connectivity index (χ1) is 13.6. The molecular formula is C26H42O3. The topological polar surface area (TPSA) is 60.7 Å². The third kappa shape index (κ3) is 5.62. The molecule has 0 aromatic carbocycles. The lowest BCUT2D eigenvalue weighted by Crippen LogP contribution is -2.32. The third-order valence-electron chi connectivity index (χ3n) is 7.64. The predicted octanol–water partition coefficient (Wildman–Crippen LogP) is 5.46. The van der Waals surface area contributed by atoms with Gasteiger partial charge in [0.05, 0.1) is 17.8 Å². The molecule has 0 amide bonds. The highest BCUT2D eigenvalue weighted by Gasteiger charge is 2.45. The Hall–Kier alpha value is -0.900. The molecule has 164 valence electrons. The van der Waals surface area contributed by atoms with Crippen molar-refractivity contribution in [2.75, 3.05) is 0 Å². The molecule has 3 nitrogen and oxygen atoms in total. The highest BCUT2D eigenvalue weighted by molar-refractivity contribution is 5.34. The van der Waals surface area contributed by atoms with Gasteiger partial charge < -0.3 is 15.3 Å². The van der Waals surface area contributed by atoms with Gasteiger partial charge in [-0.25, -0.2) is 0 Å². The van der Waals surface area contributed by atoms with Crippen LogP contribution in [0.1, 0.15) is 91.9 Å². The number of hydrogen-bond acceptors (Lipinski definition) is 3. The van der Waals surface area contributed by atoms with E-state index in [9.17, 15) is 15.3 Å². The molecular weight excluding hydrogens is 360 g/mol. The minimum atomic E-state index is -0.565. The Balaban J connectivity index is 1.67. The molecule has 3 aliphatic carbocycles. The molecule has 0 aliphatic heterocycles. The SMILES string of the molecule is C[C@H](CCCC(C)(C)O)C1=CC[C@H]2/C(=C/C=C3C[C@@H](O)C[C@H](O)C3)CCC[C@]12C. The van der Waals surface area contributed by atoms with E-state index in [0.29, 0.717) is 31.1 Å². The molecule has 3 rings (SSSR count). The van der Waals surface area contributed by atoms with Crippen molar-refractivity contribution >= 4 is 0 Å². The van der Waals surface area contributed by atoms with E-state index >= 15 is 0 Å². The van der Waals surface area contributed by atoms with Crippen LogP contribution in [0.15, 0.2) is 34.9 Å². The van der Waals surface area contributed by atoms with E-state index in [-0.39, 0.29) is 5.41 Å². The second kappa shape index (κ2) is 9.08. The fraction of sp³-hybridized carbons (Fsp3) is 0.769. The number of aliphatic hydroxyl groups excluding tert-OH is 2. The van der Waals surface area contributed by atoms with Crippen LogP contribution in [-0.4, -0.2) is 33.1 Å². The maximum absolute atomic E-state index is 10.0. The Morgan fingerprint density at radius 3 is 2.55 bits per heavy atom. The van der Waals surface area contributed by atoms with E-state index in [1.54, 1.807) is 11.1 Å². The van der Waals surface area contributed by atoms with Crippen LogP contribution in [0.2, 0.25) is 0 Å². The highest BCUT2D eigenvalue weighted by atomic mass is 16.3. The number of allylic oxidation sites excluding steroid dienone is 5. The van der Waals surface area contributed by atoms with Crippen molar-refractivity contribution in [1.82, 2.24) is 0 Å². The minimum absolute atomic E-state index is 0.266. The second-order valence-corrected chi connectivity index (χ2v) is 10.8. The maximum atomic E-state index is 10.0. The lowest BCUT2D eigenvalue weighted by atomic mass is 9.62. The van der Waals surface area contributed by atoms with Crippen molar-refractivity contribution in [2.45, 2.75) is 110 Å². The molecule has 3 N–H and O–H groups in total. The number of rotatable bonds is 6. The van der Waals surface area contributed by atoms with E-state index in [4.69, 9.17) is 0 Å². The smallest absolute Gasteiger partial charge is 0.0602 e. The van der Waals surface area contributed by atoms with Gasteiger partial charge in [0.1, 0.15) is 0 Å². The summed E-state index contributed by atoms with van der Waals surface area (Å²) in [5.74, 6) is 1.17. The number of fused-ring (bicyclic) bond motifs is 1. The average molecular weight is 403 g/mol. The van der Waals surface area contributed by atoms with Crippen molar-refractivity contribution in [3.05, 3.63) is 34.9 Å². The molecule has 0 saturated heterocycles. The van der Waals surface area contributed by atoms with Gasteiger partial charge in [0.25, 0.3) is 0 Å². The van der Waals surface area contributed by atoms with Crippen molar-refractivity contribution in [3.63, 3.8) is 0 Å². The molecule has 29 heavy (non-hydrogen) atoms. The van der Waals surface area contributed by atoms with Gasteiger partial charge >= 0.3 is 0 Å². The Bertz CT molecular complexity index is 654. The summed E-state index contributed by atoms with van der Waals surface area (Å²) in [7, 11) is 0. The van der Waals surface area contributed by atoms with Crippen LogP contribution in [0.3, 0.4) is 0 Å². The van der Waals surface area contributed by atoms with E-state index in [1.165, 1.54) is 24.8 Å². The van der Waals surface area contributed by atoms with Gasteiger partial charge in [-0.3, -0.25) is 0 Å². The first-order valence-corrected chi connectivity index (χ1v) is 11.8. The summed E-state index contributed by atoms with van der Waals surface area (Å²) in [6, 6.07) is 0. The summed E-state index contributed by atoms with van der Waals surface area (Å²) in [5.41, 5.74) is 4.07. The monoisotopic (exact) mass is 402 g/mol. The summed E-state index contributed by atoms with van der Waals surface area (Å²) in [6.07, 6.45) is 16.0. The van der Waals surface area contributed by atoms with Crippen LogP contribution in [0.5, 0.6) is 0 Å². The Morgan fingerprint density at radius 1 is 1.21 bits per heavy atom. The number of aliphatic hydroxyl groups is 3. The lowest BCUT2D eigenvalue weighted by molar-refractivity contribution is 0.0608. The fourth-order valence-electron chi connectivity index (χ4n) is 6.14. The second-order valence-electron chi connectivity index (χ2n) is 10.8. The first-order valence-electron chi connectivity index (χ1n) is 11.8. The molecule has 3 heteroatoms. The normalized spacial score (nSPS) is 35.4. The molecule has 5 atom stereocenters. The summed E-state index contributed by atoms with van der Waals surface area (Å²) in [6.45, 7) is 8.65. The highest BCUT2D eigenvalue weighted by Crippen LogP contribution is 2.57. The molecule has 3 aliphatic rings. The van der Waals surface area contributed by atoms with Crippen LogP contribution < -0.4 is 0 Å².